The second kappa shape index (κ2) is 6.92. The van der Waals surface area contributed by atoms with Gasteiger partial charge in [0.05, 0.1) is 0 Å². The van der Waals surface area contributed by atoms with E-state index in [0.717, 1.165) is 18.1 Å². The van der Waals surface area contributed by atoms with Crippen LogP contribution < -0.4 is 5.32 Å². The van der Waals surface area contributed by atoms with Crippen LogP contribution in [0, 0.1) is 13.8 Å². The van der Waals surface area contributed by atoms with Crippen LogP contribution in [0.5, 0.6) is 0 Å². The van der Waals surface area contributed by atoms with E-state index >= 15 is 0 Å². The van der Waals surface area contributed by atoms with Gasteiger partial charge < -0.3 is 5.32 Å². The second-order valence-corrected chi connectivity index (χ2v) is 6.33. The highest BCUT2D eigenvalue weighted by Gasteiger charge is 2.08. The summed E-state index contributed by atoms with van der Waals surface area (Å²) < 4.78 is 11.3. The van der Waals surface area contributed by atoms with Gasteiger partial charge in [-0.25, -0.2) is 0 Å². The third kappa shape index (κ3) is 4.60. The summed E-state index contributed by atoms with van der Waals surface area (Å²) >= 11 is 0. The summed E-state index contributed by atoms with van der Waals surface area (Å²) in [6.07, 6.45) is 0. The fraction of sp³-hybridized carbons (Fsp3) is 0.571. The highest BCUT2D eigenvalue weighted by atomic mass is 32.2. The molecule has 0 amide bonds. The van der Waals surface area contributed by atoms with E-state index in [0.29, 0.717) is 6.04 Å². The van der Waals surface area contributed by atoms with Gasteiger partial charge in [0.15, 0.2) is 0 Å². The summed E-state index contributed by atoms with van der Waals surface area (Å²) in [6, 6.07) is 6.85. The summed E-state index contributed by atoms with van der Waals surface area (Å²) in [5, 5.41) is 3.44. The SMILES string of the molecule is CCS(=O)CCNC(C)c1cc(C)ccc1C. The van der Waals surface area contributed by atoms with E-state index in [1.54, 1.807) is 0 Å². The lowest BCUT2D eigenvalue weighted by atomic mass is 10.00. The zero-order valence-corrected chi connectivity index (χ0v) is 12.1. The molecule has 0 spiro atoms. The van der Waals surface area contributed by atoms with Crippen molar-refractivity contribution in [1.29, 1.82) is 0 Å². The molecule has 0 saturated carbocycles. The zero-order chi connectivity index (χ0) is 12.8. The van der Waals surface area contributed by atoms with Crippen LogP contribution in [-0.2, 0) is 10.8 Å². The first-order chi connectivity index (χ1) is 8.04. The molecule has 1 rings (SSSR count). The molecule has 0 radical (unpaired) electrons. The maximum absolute atomic E-state index is 11.3. The first-order valence-corrected chi connectivity index (χ1v) is 7.69. The third-order valence-corrected chi connectivity index (χ3v) is 4.31. The average Bonchev–Trinajstić information content (AvgIpc) is 2.31. The normalized spacial score (nSPS) is 14.6. The number of hydrogen-bond acceptors (Lipinski definition) is 2. The Bertz CT molecular complexity index is 390. The molecule has 0 fully saturated rings. The quantitative estimate of drug-likeness (QED) is 0.844. The lowest BCUT2D eigenvalue weighted by Crippen LogP contribution is -2.24. The fourth-order valence-corrected chi connectivity index (χ4v) is 2.50. The molecule has 2 atom stereocenters. The predicted octanol–water partition coefficient (Wildman–Crippen LogP) is 2.72. The summed E-state index contributed by atoms with van der Waals surface area (Å²) in [5.74, 6) is 1.49. The van der Waals surface area contributed by atoms with E-state index in [9.17, 15) is 4.21 Å². The van der Waals surface area contributed by atoms with Crippen molar-refractivity contribution >= 4 is 10.8 Å². The molecule has 0 heterocycles. The molecule has 1 aromatic rings. The van der Waals surface area contributed by atoms with Gasteiger partial charge in [-0.15, -0.1) is 0 Å². The summed E-state index contributed by atoms with van der Waals surface area (Å²) in [6.45, 7) is 9.19. The van der Waals surface area contributed by atoms with Crippen molar-refractivity contribution in [3.05, 3.63) is 34.9 Å². The minimum absolute atomic E-state index is 0.323. The highest BCUT2D eigenvalue weighted by molar-refractivity contribution is 7.84. The molecule has 0 aliphatic heterocycles. The molecule has 96 valence electrons. The molecule has 0 aliphatic carbocycles. The van der Waals surface area contributed by atoms with E-state index in [2.05, 4.69) is 44.3 Å². The Morgan fingerprint density at radius 2 is 2.06 bits per heavy atom. The van der Waals surface area contributed by atoms with Crippen LogP contribution in [0.4, 0.5) is 0 Å². The van der Waals surface area contributed by atoms with Crippen LogP contribution in [0.25, 0.3) is 0 Å². The molecule has 0 saturated heterocycles. The van der Waals surface area contributed by atoms with Crippen molar-refractivity contribution in [3.63, 3.8) is 0 Å². The molecule has 2 nitrogen and oxygen atoms in total. The lowest BCUT2D eigenvalue weighted by Gasteiger charge is -2.17. The molecular weight excluding hydrogens is 230 g/mol. The maximum atomic E-state index is 11.3. The third-order valence-electron chi connectivity index (χ3n) is 3.00. The van der Waals surface area contributed by atoms with Crippen molar-refractivity contribution in [2.24, 2.45) is 0 Å². The molecular formula is C14H23NOS. The average molecular weight is 253 g/mol. The van der Waals surface area contributed by atoms with Gasteiger partial charge in [0.2, 0.25) is 0 Å². The first-order valence-electron chi connectivity index (χ1n) is 6.20. The van der Waals surface area contributed by atoms with Gasteiger partial charge in [0, 0.05) is 34.9 Å². The van der Waals surface area contributed by atoms with Crippen molar-refractivity contribution < 1.29 is 4.21 Å². The van der Waals surface area contributed by atoms with Gasteiger partial charge in [-0.3, -0.25) is 4.21 Å². The summed E-state index contributed by atoms with van der Waals surface area (Å²) in [5.41, 5.74) is 3.94. The van der Waals surface area contributed by atoms with Gasteiger partial charge >= 0.3 is 0 Å². The Morgan fingerprint density at radius 3 is 2.71 bits per heavy atom. The Hall–Kier alpha value is -0.670. The standard InChI is InChI=1S/C14H23NOS/c1-5-17(16)9-8-15-13(4)14-10-11(2)6-7-12(14)3/h6-7,10,13,15H,5,8-9H2,1-4H3. The number of aryl methyl sites for hydroxylation is 2. The Morgan fingerprint density at radius 1 is 1.35 bits per heavy atom. The van der Waals surface area contributed by atoms with Crippen molar-refractivity contribution in [2.45, 2.75) is 33.7 Å². The largest absolute Gasteiger partial charge is 0.309 e. The van der Waals surface area contributed by atoms with E-state index in [4.69, 9.17) is 0 Å². The minimum Gasteiger partial charge on any atom is -0.309 e. The molecule has 3 heteroatoms. The van der Waals surface area contributed by atoms with Crippen molar-refractivity contribution in [1.82, 2.24) is 5.32 Å². The zero-order valence-electron chi connectivity index (χ0n) is 11.2. The van der Waals surface area contributed by atoms with Gasteiger partial charge in [-0.05, 0) is 31.9 Å². The number of rotatable bonds is 6. The molecule has 17 heavy (non-hydrogen) atoms. The van der Waals surface area contributed by atoms with Crippen LogP contribution in [0.1, 0.15) is 36.6 Å². The number of benzene rings is 1. The van der Waals surface area contributed by atoms with E-state index in [1.807, 2.05) is 6.92 Å². The second-order valence-electron chi connectivity index (χ2n) is 4.47. The van der Waals surface area contributed by atoms with E-state index < -0.39 is 10.8 Å². The van der Waals surface area contributed by atoms with Crippen LogP contribution in [0.15, 0.2) is 18.2 Å². The monoisotopic (exact) mass is 253 g/mol. The van der Waals surface area contributed by atoms with Gasteiger partial charge in [-0.1, -0.05) is 30.7 Å². The van der Waals surface area contributed by atoms with E-state index in [-0.39, 0.29) is 0 Å². The lowest BCUT2D eigenvalue weighted by molar-refractivity contribution is 0.593. The highest BCUT2D eigenvalue weighted by Crippen LogP contribution is 2.18. The fourth-order valence-electron chi connectivity index (χ4n) is 1.87. The van der Waals surface area contributed by atoms with Gasteiger partial charge in [0.1, 0.15) is 0 Å². The Labute approximate surface area is 107 Å². The number of hydrogen-bond donors (Lipinski definition) is 1. The summed E-state index contributed by atoms with van der Waals surface area (Å²) in [4.78, 5) is 0. The molecule has 0 aliphatic rings. The van der Waals surface area contributed by atoms with Crippen molar-refractivity contribution in [2.75, 3.05) is 18.1 Å². The van der Waals surface area contributed by atoms with Crippen LogP contribution in [0.3, 0.4) is 0 Å². The van der Waals surface area contributed by atoms with Crippen molar-refractivity contribution in [3.8, 4) is 0 Å². The Balaban J connectivity index is 2.54. The van der Waals surface area contributed by atoms with E-state index in [1.165, 1.54) is 16.7 Å². The Kier molecular flexibility index (Phi) is 5.86. The first kappa shape index (κ1) is 14.4. The van der Waals surface area contributed by atoms with Crippen LogP contribution in [0.2, 0.25) is 0 Å². The predicted molar refractivity (Wildman–Crippen MR) is 75.9 cm³/mol. The topological polar surface area (TPSA) is 29.1 Å². The number of nitrogens with one attached hydrogen (secondary N) is 1. The molecule has 2 unspecified atom stereocenters. The molecule has 0 bridgehead atoms. The maximum Gasteiger partial charge on any atom is 0.0360 e. The smallest absolute Gasteiger partial charge is 0.0360 e. The molecule has 1 aromatic carbocycles. The van der Waals surface area contributed by atoms with Crippen LogP contribution >= 0.6 is 0 Å². The minimum atomic E-state index is -0.672. The van der Waals surface area contributed by atoms with Crippen LogP contribution in [-0.4, -0.2) is 22.3 Å². The molecule has 0 aromatic heterocycles. The van der Waals surface area contributed by atoms with Gasteiger partial charge in [0.25, 0.3) is 0 Å². The molecule has 1 N–H and O–H groups in total. The van der Waals surface area contributed by atoms with Gasteiger partial charge in [-0.2, -0.15) is 0 Å². The summed E-state index contributed by atoms with van der Waals surface area (Å²) in [7, 11) is -0.672.